The second kappa shape index (κ2) is 14.7. The molecule has 5 nitrogen and oxygen atoms in total. The Bertz CT molecular complexity index is 3610. The molecule has 0 atom stereocenters. The maximum absolute atomic E-state index is 6.86. The van der Waals surface area contributed by atoms with Gasteiger partial charge in [0.15, 0.2) is 17.5 Å². The van der Waals surface area contributed by atoms with Crippen molar-refractivity contribution in [3.63, 3.8) is 0 Å². The zero-order valence-corrected chi connectivity index (χ0v) is 33.4. The van der Waals surface area contributed by atoms with E-state index in [1.807, 2.05) is 60.7 Å². The summed E-state index contributed by atoms with van der Waals surface area (Å²) >= 11 is 0. The summed E-state index contributed by atoms with van der Waals surface area (Å²) in [5, 5.41) is 4.15. The summed E-state index contributed by atoms with van der Waals surface area (Å²) in [6.45, 7) is 0. The molecule has 0 spiro atoms. The van der Waals surface area contributed by atoms with E-state index in [0.717, 1.165) is 93.9 Å². The molecule has 12 rings (SSSR count). The number of nitrogens with zero attached hydrogens (tertiary/aromatic N) is 3. The van der Waals surface area contributed by atoms with Crippen LogP contribution in [0, 0.1) is 0 Å². The first-order valence-electron chi connectivity index (χ1n) is 20.8. The maximum atomic E-state index is 6.86. The average molecular weight is 794 g/mol. The number of hydrogen-bond acceptors (Lipinski definition) is 5. The molecule has 62 heavy (non-hydrogen) atoms. The summed E-state index contributed by atoms with van der Waals surface area (Å²) in [6.07, 6.45) is 0. The third kappa shape index (κ3) is 6.14. The lowest BCUT2D eigenvalue weighted by Gasteiger charge is -2.10. The van der Waals surface area contributed by atoms with E-state index in [0.29, 0.717) is 17.5 Å². The molecule has 0 radical (unpaired) electrons. The number of benzene rings is 9. The summed E-state index contributed by atoms with van der Waals surface area (Å²) in [6, 6.07) is 73.3. The first-order chi connectivity index (χ1) is 30.7. The molecule has 0 aliphatic rings. The van der Waals surface area contributed by atoms with Crippen molar-refractivity contribution in [3.8, 4) is 78.7 Å². The lowest BCUT2D eigenvalue weighted by molar-refractivity contribution is 0.669. The van der Waals surface area contributed by atoms with Gasteiger partial charge in [-0.1, -0.05) is 188 Å². The monoisotopic (exact) mass is 793 g/mol. The van der Waals surface area contributed by atoms with Gasteiger partial charge in [0, 0.05) is 49.4 Å². The van der Waals surface area contributed by atoms with Gasteiger partial charge in [0.05, 0.1) is 0 Å². The van der Waals surface area contributed by atoms with Crippen LogP contribution in [0.5, 0.6) is 0 Å². The highest BCUT2D eigenvalue weighted by Crippen LogP contribution is 2.42. The van der Waals surface area contributed by atoms with Crippen molar-refractivity contribution in [3.05, 3.63) is 212 Å². The molecule has 0 saturated heterocycles. The van der Waals surface area contributed by atoms with E-state index in [9.17, 15) is 0 Å². The summed E-state index contributed by atoms with van der Waals surface area (Å²) < 4.78 is 13.3. The number of hydrogen-bond donors (Lipinski definition) is 0. The SMILES string of the molecule is c1ccc(-c2cccc(-c3cccc4c3oc3c(-c5ccc(-c6nc(-c7ccccc7)nc(-c7cccc8oc9ccc(-c%10ccccc%10)cc9c78)n6)cc5)cccc34)c2)cc1. The highest BCUT2D eigenvalue weighted by molar-refractivity contribution is 6.14. The van der Waals surface area contributed by atoms with Gasteiger partial charge in [-0.2, -0.15) is 0 Å². The van der Waals surface area contributed by atoms with E-state index in [4.69, 9.17) is 23.8 Å². The molecule has 0 saturated carbocycles. The number of fused-ring (bicyclic) bond motifs is 6. The number of furan rings is 2. The van der Waals surface area contributed by atoms with Gasteiger partial charge in [0.2, 0.25) is 0 Å². The van der Waals surface area contributed by atoms with E-state index < -0.39 is 0 Å². The summed E-state index contributed by atoms with van der Waals surface area (Å²) in [5.41, 5.74) is 14.8. The van der Waals surface area contributed by atoms with Crippen LogP contribution in [0.4, 0.5) is 0 Å². The fraction of sp³-hybridized carbons (Fsp3) is 0. The Morgan fingerprint density at radius 2 is 0.726 bits per heavy atom. The van der Waals surface area contributed by atoms with E-state index in [-0.39, 0.29) is 0 Å². The Hall–Kier alpha value is -8.41. The Balaban J connectivity index is 0.957. The van der Waals surface area contributed by atoms with Crippen LogP contribution in [0.3, 0.4) is 0 Å². The van der Waals surface area contributed by atoms with Gasteiger partial charge in [-0.3, -0.25) is 0 Å². The molecule has 0 bridgehead atoms. The standard InChI is InChI=1S/C57H35N3O2/c1-4-14-36(15-5-1)41-20-10-21-43(34-41)45-23-12-25-47-46-24-11-22-44(53(46)62-54(45)47)38-28-30-40(31-29-38)56-58-55(39-18-8-3-9-19-39)59-57(60-56)48-26-13-27-51-52(48)49-35-42(32-33-50(49)61-51)37-16-6-2-7-17-37/h1-35H. The van der Waals surface area contributed by atoms with Crippen LogP contribution in [-0.4, -0.2) is 15.0 Å². The molecular formula is C57H35N3O2. The predicted molar refractivity (Wildman–Crippen MR) is 252 cm³/mol. The third-order valence-corrected chi connectivity index (χ3v) is 11.8. The Morgan fingerprint density at radius 1 is 0.258 bits per heavy atom. The molecule has 3 heterocycles. The zero-order valence-electron chi connectivity index (χ0n) is 33.4. The van der Waals surface area contributed by atoms with Crippen LogP contribution in [-0.2, 0) is 0 Å². The highest BCUT2D eigenvalue weighted by Gasteiger charge is 2.20. The van der Waals surface area contributed by atoms with Gasteiger partial charge < -0.3 is 8.83 Å². The minimum atomic E-state index is 0.577. The van der Waals surface area contributed by atoms with Crippen molar-refractivity contribution in [1.29, 1.82) is 0 Å². The molecule has 0 unspecified atom stereocenters. The first-order valence-corrected chi connectivity index (χ1v) is 20.8. The fourth-order valence-electron chi connectivity index (χ4n) is 8.74. The van der Waals surface area contributed by atoms with Crippen molar-refractivity contribution in [2.75, 3.05) is 0 Å². The van der Waals surface area contributed by atoms with Crippen molar-refractivity contribution >= 4 is 43.9 Å². The summed E-state index contributed by atoms with van der Waals surface area (Å²) in [7, 11) is 0. The zero-order chi connectivity index (χ0) is 41.0. The molecule has 0 N–H and O–H groups in total. The molecule has 3 aromatic heterocycles. The van der Waals surface area contributed by atoms with Crippen LogP contribution >= 0.6 is 0 Å². The number of aromatic nitrogens is 3. The van der Waals surface area contributed by atoms with Crippen molar-refractivity contribution in [2.45, 2.75) is 0 Å². The molecule has 290 valence electrons. The highest BCUT2D eigenvalue weighted by atomic mass is 16.3. The van der Waals surface area contributed by atoms with Gasteiger partial charge in [0.1, 0.15) is 22.3 Å². The third-order valence-electron chi connectivity index (χ3n) is 11.8. The minimum Gasteiger partial charge on any atom is -0.456 e. The predicted octanol–water partition coefficient (Wildman–Crippen LogP) is 15.3. The molecule has 5 heteroatoms. The second-order valence-electron chi connectivity index (χ2n) is 15.5. The number of para-hydroxylation sites is 2. The number of rotatable bonds is 7. The van der Waals surface area contributed by atoms with Crippen LogP contribution in [0.15, 0.2) is 221 Å². The second-order valence-corrected chi connectivity index (χ2v) is 15.5. The van der Waals surface area contributed by atoms with Gasteiger partial charge >= 0.3 is 0 Å². The molecule has 12 aromatic rings. The molecule has 0 amide bonds. The molecule has 0 aliphatic heterocycles. The van der Waals surface area contributed by atoms with Gasteiger partial charge in [-0.25, -0.2) is 15.0 Å². The quantitative estimate of drug-likeness (QED) is 0.161. The maximum Gasteiger partial charge on any atom is 0.164 e. The van der Waals surface area contributed by atoms with Crippen molar-refractivity contribution in [1.82, 2.24) is 15.0 Å². The van der Waals surface area contributed by atoms with Crippen molar-refractivity contribution in [2.24, 2.45) is 0 Å². The van der Waals surface area contributed by atoms with E-state index in [1.54, 1.807) is 0 Å². The fourth-order valence-corrected chi connectivity index (χ4v) is 8.74. The first kappa shape index (κ1) is 35.5. The average Bonchev–Trinajstić information content (AvgIpc) is 3.93. The molecular weight excluding hydrogens is 759 g/mol. The Labute approximate surface area is 357 Å². The Kier molecular flexibility index (Phi) is 8.42. The lowest BCUT2D eigenvalue weighted by atomic mass is 9.97. The van der Waals surface area contributed by atoms with Crippen molar-refractivity contribution < 1.29 is 8.83 Å². The van der Waals surface area contributed by atoms with Gasteiger partial charge in [-0.15, -0.1) is 0 Å². The largest absolute Gasteiger partial charge is 0.456 e. The normalized spacial score (nSPS) is 11.5. The summed E-state index contributed by atoms with van der Waals surface area (Å²) in [5.74, 6) is 1.76. The van der Waals surface area contributed by atoms with Gasteiger partial charge in [-0.05, 0) is 57.6 Å². The smallest absolute Gasteiger partial charge is 0.164 e. The lowest BCUT2D eigenvalue weighted by Crippen LogP contribution is -2.00. The van der Waals surface area contributed by atoms with E-state index >= 15 is 0 Å². The molecule has 0 fully saturated rings. The van der Waals surface area contributed by atoms with Crippen LogP contribution in [0.2, 0.25) is 0 Å². The summed E-state index contributed by atoms with van der Waals surface area (Å²) in [4.78, 5) is 15.4. The van der Waals surface area contributed by atoms with Crippen LogP contribution in [0.25, 0.3) is 123 Å². The topological polar surface area (TPSA) is 65.0 Å². The van der Waals surface area contributed by atoms with Gasteiger partial charge in [0.25, 0.3) is 0 Å². The molecule has 0 aliphatic carbocycles. The van der Waals surface area contributed by atoms with Crippen LogP contribution < -0.4 is 0 Å². The minimum absolute atomic E-state index is 0.577. The van der Waals surface area contributed by atoms with Crippen LogP contribution in [0.1, 0.15) is 0 Å². The molecule has 9 aromatic carbocycles. The van der Waals surface area contributed by atoms with E-state index in [2.05, 4.69) is 152 Å². The Morgan fingerprint density at radius 3 is 1.39 bits per heavy atom. The van der Waals surface area contributed by atoms with E-state index in [1.165, 1.54) is 11.1 Å².